The van der Waals surface area contributed by atoms with Gasteiger partial charge >= 0.3 is 0 Å². The fraction of sp³-hybridized carbons (Fsp3) is 0.812. The SMILES string of the molecule is CC(NCc1cscn1)C12CC3CC(CC(C3)C1)C2. The average Bonchev–Trinajstić information content (AvgIpc) is 2.87. The van der Waals surface area contributed by atoms with Gasteiger partial charge in [-0.2, -0.15) is 0 Å². The van der Waals surface area contributed by atoms with E-state index in [1.54, 1.807) is 11.3 Å². The largest absolute Gasteiger partial charge is 0.308 e. The second kappa shape index (κ2) is 4.56. The summed E-state index contributed by atoms with van der Waals surface area (Å²) < 4.78 is 0. The third-order valence-electron chi connectivity index (χ3n) is 6.08. The monoisotopic (exact) mass is 276 g/mol. The van der Waals surface area contributed by atoms with E-state index in [2.05, 4.69) is 22.6 Å². The van der Waals surface area contributed by atoms with Crippen molar-refractivity contribution in [2.45, 2.75) is 58.0 Å². The Morgan fingerprint density at radius 1 is 1.26 bits per heavy atom. The molecule has 1 N–H and O–H groups in total. The Balaban J connectivity index is 1.45. The molecule has 0 saturated heterocycles. The Morgan fingerprint density at radius 2 is 1.89 bits per heavy atom. The highest BCUT2D eigenvalue weighted by Crippen LogP contribution is 2.61. The van der Waals surface area contributed by atoms with Crippen molar-refractivity contribution in [3.8, 4) is 0 Å². The van der Waals surface area contributed by atoms with Crippen LogP contribution in [0.15, 0.2) is 10.9 Å². The van der Waals surface area contributed by atoms with Crippen LogP contribution in [0, 0.1) is 23.2 Å². The summed E-state index contributed by atoms with van der Waals surface area (Å²) in [7, 11) is 0. The predicted octanol–water partition coefficient (Wildman–Crippen LogP) is 3.84. The molecule has 0 radical (unpaired) electrons. The van der Waals surface area contributed by atoms with Crippen LogP contribution in [-0.2, 0) is 6.54 Å². The molecule has 1 aromatic heterocycles. The van der Waals surface area contributed by atoms with E-state index in [0.717, 1.165) is 24.3 Å². The van der Waals surface area contributed by atoms with Gasteiger partial charge in [0.25, 0.3) is 0 Å². The average molecular weight is 276 g/mol. The van der Waals surface area contributed by atoms with Crippen molar-refractivity contribution >= 4 is 11.3 Å². The van der Waals surface area contributed by atoms with Gasteiger partial charge in [-0.05, 0) is 68.6 Å². The van der Waals surface area contributed by atoms with E-state index in [4.69, 9.17) is 0 Å². The highest BCUT2D eigenvalue weighted by atomic mass is 32.1. The van der Waals surface area contributed by atoms with Gasteiger partial charge in [-0.3, -0.25) is 0 Å². The van der Waals surface area contributed by atoms with Crippen LogP contribution in [0.2, 0.25) is 0 Å². The Labute approximate surface area is 120 Å². The molecule has 1 unspecified atom stereocenters. The molecule has 0 spiro atoms. The minimum absolute atomic E-state index is 0.616. The first-order chi connectivity index (χ1) is 9.23. The maximum absolute atomic E-state index is 4.39. The minimum Gasteiger partial charge on any atom is -0.308 e. The first-order valence-electron chi connectivity index (χ1n) is 7.84. The van der Waals surface area contributed by atoms with Crippen LogP contribution in [0.5, 0.6) is 0 Å². The molecular weight excluding hydrogens is 252 g/mol. The lowest BCUT2D eigenvalue weighted by atomic mass is 9.48. The molecular formula is C16H24N2S. The van der Waals surface area contributed by atoms with Crippen molar-refractivity contribution in [3.63, 3.8) is 0 Å². The second-order valence-corrected chi connectivity index (χ2v) is 8.08. The van der Waals surface area contributed by atoms with Gasteiger partial charge in [0.2, 0.25) is 0 Å². The molecule has 3 heteroatoms. The van der Waals surface area contributed by atoms with Crippen molar-refractivity contribution in [3.05, 3.63) is 16.6 Å². The molecule has 0 aromatic carbocycles. The summed E-state index contributed by atoms with van der Waals surface area (Å²) in [6.45, 7) is 3.38. The van der Waals surface area contributed by atoms with E-state index in [1.807, 2.05) is 5.51 Å². The summed E-state index contributed by atoms with van der Waals surface area (Å²) in [5.41, 5.74) is 3.76. The highest BCUT2D eigenvalue weighted by Gasteiger charge is 2.52. The van der Waals surface area contributed by atoms with Gasteiger partial charge in [-0.1, -0.05) is 0 Å². The molecule has 104 valence electrons. The lowest BCUT2D eigenvalue weighted by Crippen LogP contribution is -2.54. The third kappa shape index (κ3) is 2.15. The quantitative estimate of drug-likeness (QED) is 0.904. The van der Waals surface area contributed by atoms with E-state index in [0.29, 0.717) is 11.5 Å². The molecule has 19 heavy (non-hydrogen) atoms. The smallest absolute Gasteiger partial charge is 0.0795 e. The molecule has 1 heterocycles. The fourth-order valence-corrected chi connectivity index (χ4v) is 6.07. The second-order valence-electron chi connectivity index (χ2n) is 7.36. The zero-order valence-corrected chi connectivity index (χ0v) is 12.6. The van der Waals surface area contributed by atoms with Crippen molar-refractivity contribution < 1.29 is 0 Å². The van der Waals surface area contributed by atoms with Crippen molar-refractivity contribution in [2.24, 2.45) is 23.2 Å². The zero-order valence-electron chi connectivity index (χ0n) is 11.8. The summed E-state index contributed by atoms with van der Waals surface area (Å²) in [5.74, 6) is 3.15. The molecule has 0 amide bonds. The van der Waals surface area contributed by atoms with E-state index < -0.39 is 0 Å². The van der Waals surface area contributed by atoms with E-state index >= 15 is 0 Å². The molecule has 5 rings (SSSR count). The topological polar surface area (TPSA) is 24.9 Å². The Morgan fingerprint density at radius 3 is 2.42 bits per heavy atom. The first kappa shape index (κ1) is 12.3. The minimum atomic E-state index is 0.616. The number of rotatable bonds is 4. The lowest BCUT2D eigenvalue weighted by Gasteiger charge is -2.59. The third-order valence-corrected chi connectivity index (χ3v) is 6.71. The van der Waals surface area contributed by atoms with Crippen LogP contribution in [0.4, 0.5) is 0 Å². The standard InChI is InChI=1S/C16H24N2S/c1-11(17-8-15-9-19-10-18-15)16-5-12-2-13(6-16)4-14(3-12)7-16/h9-14,17H,2-8H2,1H3. The van der Waals surface area contributed by atoms with E-state index in [-0.39, 0.29) is 0 Å². The van der Waals surface area contributed by atoms with Crippen LogP contribution < -0.4 is 5.32 Å². The lowest BCUT2D eigenvalue weighted by molar-refractivity contribution is -0.0707. The van der Waals surface area contributed by atoms with Crippen LogP contribution in [0.1, 0.15) is 51.1 Å². The van der Waals surface area contributed by atoms with E-state index in [9.17, 15) is 0 Å². The molecule has 4 fully saturated rings. The molecule has 4 aliphatic rings. The Hall–Kier alpha value is -0.410. The van der Waals surface area contributed by atoms with Crippen LogP contribution in [-0.4, -0.2) is 11.0 Å². The number of aromatic nitrogens is 1. The van der Waals surface area contributed by atoms with E-state index in [1.165, 1.54) is 44.2 Å². The predicted molar refractivity (Wildman–Crippen MR) is 79.0 cm³/mol. The number of nitrogens with zero attached hydrogens (tertiary/aromatic N) is 1. The number of hydrogen-bond donors (Lipinski definition) is 1. The van der Waals surface area contributed by atoms with Crippen LogP contribution >= 0.6 is 11.3 Å². The van der Waals surface area contributed by atoms with Gasteiger partial charge in [0, 0.05) is 18.0 Å². The molecule has 4 saturated carbocycles. The zero-order chi connectivity index (χ0) is 12.9. The summed E-state index contributed by atoms with van der Waals surface area (Å²) in [6.07, 6.45) is 9.09. The van der Waals surface area contributed by atoms with Crippen LogP contribution in [0.3, 0.4) is 0 Å². The maximum Gasteiger partial charge on any atom is 0.0795 e. The summed E-state index contributed by atoms with van der Waals surface area (Å²) >= 11 is 1.70. The molecule has 4 bridgehead atoms. The van der Waals surface area contributed by atoms with Gasteiger partial charge in [0.15, 0.2) is 0 Å². The number of hydrogen-bond acceptors (Lipinski definition) is 3. The van der Waals surface area contributed by atoms with Crippen molar-refractivity contribution in [1.29, 1.82) is 0 Å². The molecule has 0 aliphatic heterocycles. The van der Waals surface area contributed by atoms with Crippen molar-refractivity contribution in [2.75, 3.05) is 0 Å². The highest BCUT2D eigenvalue weighted by molar-refractivity contribution is 7.07. The Kier molecular flexibility index (Phi) is 2.96. The molecule has 4 aliphatic carbocycles. The first-order valence-corrected chi connectivity index (χ1v) is 8.78. The van der Waals surface area contributed by atoms with Gasteiger partial charge in [-0.25, -0.2) is 4.98 Å². The molecule has 1 aromatic rings. The molecule has 2 nitrogen and oxygen atoms in total. The van der Waals surface area contributed by atoms with Crippen LogP contribution in [0.25, 0.3) is 0 Å². The number of thiazole rings is 1. The molecule has 1 atom stereocenters. The maximum atomic E-state index is 4.39. The van der Waals surface area contributed by atoms with Gasteiger partial charge in [0.1, 0.15) is 0 Å². The normalized spacial score (nSPS) is 41.6. The summed E-state index contributed by atoms with van der Waals surface area (Å²) in [4.78, 5) is 4.39. The van der Waals surface area contributed by atoms with Crippen molar-refractivity contribution in [1.82, 2.24) is 10.3 Å². The van der Waals surface area contributed by atoms with Gasteiger partial charge < -0.3 is 5.32 Å². The summed E-state index contributed by atoms with van der Waals surface area (Å²) in [5, 5.41) is 5.95. The Bertz CT molecular complexity index is 404. The fourth-order valence-electron chi connectivity index (χ4n) is 5.51. The van der Waals surface area contributed by atoms with Gasteiger partial charge in [0.05, 0.1) is 11.2 Å². The number of nitrogens with one attached hydrogen (secondary N) is 1. The summed E-state index contributed by atoms with van der Waals surface area (Å²) in [6, 6.07) is 0.655. The van der Waals surface area contributed by atoms with Gasteiger partial charge in [-0.15, -0.1) is 11.3 Å².